The SMILES string of the molecule is Cc1nc(C(=O)N2CCCC[C@H]2C(N)=O)c(-c2ccccc2C)s1. The molecule has 126 valence electrons. The average Bonchev–Trinajstić information content (AvgIpc) is 2.96. The molecule has 1 fully saturated rings. The number of nitrogens with zero attached hydrogens (tertiary/aromatic N) is 2. The number of piperidine rings is 1. The average molecular weight is 343 g/mol. The summed E-state index contributed by atoms with van der Waals surface area (Å²) in [4.78, 5) is 31.8. The van der Waals surface area contributed by atoms with E-state index >= 15 is 0 Å². The van der Waals surface area contributed by atoms with E-state index in [-0.39, 0.29) is 5.91 Å². The van der Waals surface area contributed by atoms with Crippen molar-refractivity contribution in [2.45, 2.75) is 39.2 Å². The number of carbonyl (C=O) groups is 2. The minimum absolute atomic E-state index is 0.193. The van der Waals surface area contributed by atoms with Crippen LogP contribution >= 0.6 is 11.3 Å². The van der Waals surface area contributed by atoms with Gasteiger partial charge in [-0.2, -0.15) is 0 Å². The Morgan fingerprint density at radius 1 is 1.25 bits per heavy atom. The topological polar surface area (TPSA) is 76.3 Å². The van der Waals surface area contributed by atoms with E-state index < -0.39 is 11.9 Å². The fourth-order valence-corrected chi connectivity index (χ4v) is 4.19. The Morgan fingerprint density at radius 3 is 2.71 bits per heavy atom. The van der Waals surface area contributed by atoms with Crippen molar-refractivity contribution < 1.29 is 9.59 Å². The first-order chi connectivity index (χ1) is 11.5. The third-order valence-corrected chi connectivity index (χ3v) is 5.42. The van der Waals surface area contributed by atoms with Gasteiger partial charge in [0.15, 0.2) is 0 Å². The number of thiazole rings is 1. The van der Waals surface area contributed by atoms with Crippen molar-refractivity contribution in [2.75, 3.05) is 6.54 Å². The monoisotopic (exact) mass is 343 g/mol. The molecule has 2 N–H and O–H groups in total. The minimum atomic E-state index is -0.530. The van der Waals surface area contributed by atoms with Crippen LogP contribution < -0.4 is 5.73 Å². The molecular formula is C18H21N3O2S. The Hall–Kier alpha value is -2.21. The second kappa shape index (κ2) is 6.73. The third-order valence-electron chi connectivity index (χ3n) is 4.42. The van der Waals surface area contributed by atoms with Crippen molar-refractivity contribution in [1.82, 2.24) is 9.88 Å². The van der Waals surface area contributed by atoms with Gasteiger partial charge < -0.3 is 10.6 Å². The summed E-state index contributed by atoms with van der Waals surface area (Å²) in [6, 6.07) is 7.42. The summed E-state index contributed by atoms with van der Waals surface area (Å²) in [7, 11) is 0. The Morgan fingerprint density at radius 2 is 2.00 bits per heavy atom. The number of aryl methyl sites for hydroxylation is 2. The fourth-order valence-electron chi connectivity index (χ4n) is 3.19. The maximum absolute atomic E-state index is 13.1. The molecule has 6 heteroatoms. The Bertz CT molecular complexity index is 784. The van der Waals surface area contributed by atoms with Crippen molar-refractivity contribution in [1.29, 1.82) is 0 Å². The molecule has 0 radical (unpaired) electrons. The zero-order chi connectivity index (χ0) is 17.3. The van der Waals surface area contributed by atoms with Gasteiger partial charge in [0.05, 0.1) is 9.88 Å². The molecule has 0 bridgehead atoms. The fraction of sp³-hybridized carbons (Fsp3) is 0.389. The molecule has 1 saturated heterocycles. The summed E-state index contributed by atoms with van der Waals surface area (Å²) in [5.41, 5.74) is 8.04. The lowest BCUT2D eigenvalue weighted by atomic mass is 10.00. The first kappa shape index (κ1) is 16.6. The second-order valence-corrected chi connectivity index (χ2v) is 7.34. The van der Waals surface area contributed by atoms with Crippen LogP contribution in [0.15, 0.2) is 24.3 Å². The van der Waals surface area contributed by atoms with Crippen molar-refractivity contribution in [3.05, 3.63) is 40.5 Å². The maximum atomic E-state index is 13.1. The van der Waals surface area contributed by atoms with Gasteiger partial charge in [0, 0.05) is 6.54 Å². The number of benzene rings is 1. The van der Waals surface area contributed by atoms with Crippen LogP contribution in [0.2, 0.25) is 0 Å². The van der Waals surface area contributed by atoms with Gasteiger partial charge >= 0.3 is 0 Å². The van der Waals surface area contributed by atoms with Crippen LogP contribution in [-0.4, -0.2) is 34.3 Å². The molecule has 0 saturated carbocycles. The van der Waals surface area contributed by atoms with Crippen molar-refractivity contribution in [3.63, 3.8) is 0 Å². The lowest BCUT2D eigenvalue weighted by molar-refractivity contribution is -0.123. The highest BCUT2D eigenvalue weighted by Crippen LogP contribution is 2.34. The summed E-state index contributed by atoms with van der Waals surface area (Å²) in [6.07, 6.45) is 2.43. The molecule has 24 heavy (non-hydrogen) atoms. The Labute approximate surface area is 145 Å². The number of aromatic nitrogens is 1. The molecule has 3 rings (SSSR count). The number of amides is 2. The predicted octanol–water partition coefficient (Wildman–Crippen LogP) is 2.91. The van der Waals surface area contributed by atoms with E-state index in [1.54, 1.807) is 4.90 Å². The van der Waals surface area contributed by atoms with Crippen molar-refractivity contribution in [2.24, 2.45) is 5.73 Å². The highest BCUT2D eigenvalue weighted by atomic mass is 32.1. The molecule has 0 spiro atoms. The summed E-state index contributed by atoms with van der Waals surface area (Å²) in [5, 5.41) is 0.837. The molecule has 1 aromatic carbocycles. The van der Waals surface area contributed by atoms with Gasteiger partial charge in [-0.05, 0) is 44.2 Å². The smallest absolute Gasteiger partial charge is 0.274 e. The maximum Gasteiger partial charge on any atom is 0.274 e. The molecule has 0 aliphatic carbocycles. The number of likely N-dealkylation sites (tertiary alicyclic amines) is 1. The first-order valence-electron chi connectivity index (χ1n) is 8.12. The predicted molar refractivity (Wildman–Crippen MR) is 94.9 cm³/mol. The van der Waals surface area contributed by atoms with E-state index in [9.17, 15) is 9.59 Å². The second-order valence-electron chi connectivity index (χ2n) is 6.14. The van der Waals surface area contributed by atoms with Gasteiger partial charge in [0.2, 0.25) is 5.91 Å². The molecule has 2 amide bonds. The summed E-state index contributed by atoms with van der Waals surface area (Å²) in [6.45, 7) is 4.47. The van der Waals surface area contributed by atoms with E-state index in [1.807, 2.05) is 38.1 Å². The summed E-state index contributed by atoms with van der Waals surface area (Å²) >= 11 is 1.51. The lowest BCUT2D eigenvalue weighted by Gasteiger charge is -2.33. The van der Waals surface area contributed by atoms with Crippen LogP contribution in [0.4, 0.5) is 0 Å². The van der Waals surface area contributed by atoms with E-state index in [2.05, 4.69) is 4.98 Å². The number of nitrogens with two attached hydrogens (primary N) is 1. The molecule has 1 aliphatic rings. The molecule has 1 atom stereocenters. The van der Waals surface area contributed by atoms with E-state index in [1.165, 1.54) is 11.3 Å². The molecular weight excluding hydrogens is 322 g/mol. The largest absolute Gasteiger partial charge is 0.368 e. The highest BCUT2D eigenvalue weighted by molar-refractivity contribution is 7.15. The Balaban J connectivity index is 2.02. The number of primary amides is 1. The van der Waals surface area contributed by atoms with Crippen LogP contribution in [0.25, 0.3) is 10.4 Å². The van der Waals surface area contributed by atoms with Gasteiger partial charge in [-0.25, -0.2) is 4.98 Å². The van der Waals surface area contributed by atoms with Crippen LogP contribution in [-0.2, 0) is 4.79 Å². The van der Waals surface area contributed by atoms with E-state index in [0.717, 1.165) is 33.9 Å². The molecule has 2 heterocycles. The van der Waals surface area contributed by atoms with Crippen LogP contribution in [0, 0.1) is 13.8 Å². The zero-order valence-electron chi connectivity index (χ0n) is 13.9. The number of rotatable bonds is 3. The van der Waals surface area contributed by atoms with E-state index in [4.69, 9.17) is 5.73 Å². The number of hydrogen-bond donors (Lipinski definition) is 1. The molecule has 5 nitrogen and oxygen atoms in total. The van der Waals surface area contributed by atoms with Crippen molar-refractivity contribution in [3.8, 4) is 10.4 Å². The van der Waals surface area contributed by atoms with Crippen LogP contribution in [0.5, 0.6) is 0 Å². The number of hydrogen-bond acceptors (Lipinski definition) is 4. The van der Waals surface area contributed by atoms with Crippen molar-refractivity contribution >= 4 is 23.2 Å². The summed E-state index contributed by atoms with van der Waals surface area (Å²) in [5.74, 6) is -0.631. The molecule has 2 aromatic rings. The standard InChI is InChI=1S/C18H21N3O2S/c1-11-7-3-4-8-13(11)16-15(20-12(2)24-16)18(23)21-10-6-5-9-14(21)17(19)22/h3-4,7-8,14H,5-6,9-10H2,1-2H3,(H2,19,22)/t14-/m0/s1. The van der Waals surface area contributed by atoms with Gasteiger partial charge in [0.1, 0.15) is 11.7 Å². The first-order valence-corrected chi connectivity index (χ1v) is 8.94. The quantitative estimate of drug-likeness (QED) is 0.931. The molecule has 0 unspecified atom stereocenters. The molecule has 1 aromatic heterocycles. The van der Waals surface area contributed by atoms with Gasteiger partial charge in [-0.1, -0.05) is 24.3 Å². The normalized spacial score (nSPS) is 17.8. The Kier molecular flexibility index (Phi) is 4.66. The highest BCUT2D eigenvalue weighted by Gasteiger charge is 2.33. The number of carbonyl (C=O) groups excluding carboxylic acids is 2. The zero-order valence-corrected chi connectivity index (χ0v) is 14.7. The minimum Gasteiger partial charge on any atom is -0.368 e. The van der Waals surface area contributed by atoms with Crippen LogP contribution in [0.3, 0.4) is 0 Å². The third kappa shape index (κ3) is 3.06. The lowest BCUT2D eigenvalue weighted by Crippen LogP contribution is -2.50. The van der Waals surface area contributed by atoms with Gasteiger partial charge in [-0.15, -0.1) is 11.3 Å². The molecule has 1 aliphatic heterocycles. The van der Waals surface area contributed by atoms with E-state index in [0.29, 0.717) is 18.7 Å². The van der Waals surface area contributed by atoms with Crippen LogP contribution in [0.1, 0.15) is 40.3 Å². The van der Waals surface area contributed by atoms with Gasteiger partial charge in [-0.3, -0.25) is 9.59 Å². The van der Waals surface area contributed by atoms with Gasteiger partial charge in [0.25, 0.3) is 5.91 Å². The summed E-state index contributed by atoms with van der Waals surface area (Å²) < 4.78 is 0.